The lowest BCUT2D eigenvalue weighted by atomic mass is 9.98. The molecular formula is C31H38N6O2. The molecule has 0 spiro atoms. The van der Waals surface area contributed by atoms with Crippen molar-refractivity contribution in [2.75, 3.05) is 5.32 Å². The van der Waals surface area contributed by atoms with Crippen LogP contribution < -0.4 is 16.3 Å². The summed E-state index contributed by atoms with van der Waals surface area (Å²) in [7, 11) is 0. The Balaban J connectivity index is 0.000000136. The van der Waals surface area contributed by atoms with E-state index in [1.807, 2.05) is 30.5 Å². The lowest BCUT2D eigenvalue weighted by Crippen LogP contribution is -2.08. The molecule has 4 aromatic rings. The lowest BCUT2D eigenvalue weighted by molar-refractivity contribution is -0.115. The number of anilines is 1. The summed E-state index contributed by atoms with van der Waals surface area (Å²) in [6, 6.07) is 7.97. The number of nitrogens with zero attached hydrogens (tertiary/aromatic N) is 1. The summed E-state index contributed by atoms with van der Waals surface area (Å²) in [5, 5.41) is 5.83. The number of aromatic nitrogens is 4. The first-order valence-electron chi connectivity index (χ1n) is 13.4. The molecule has 0 aliphatic carbocycles. The van der Waals surface area contributed by atoms with Gasteiger partial charge >= 0.3 is 5.69 Å². The first-order chi connectivity index (χ1) is 18.5. The van der Waals surface area contributed by atoms with Gasteiger partial charge in [-0.1, -0.05) is 54.2 Å². The molecule has 8 nitrogen and oxygen atoms in total. The van der Waals surface area contributed by atoms with Crippen molar-refractivity contribution in [3.63, 3.8) is 0 Å². The van der Waals surface area contributed by atoms with Crippen molar-refractivity contribution in [1.82, 2.24) is 25.3 Å². The summed E-state index contributed by atoms with van der Waals surface area (Å²) >= 11 is 0. The van der Waals surface area contributed by atoms with Gasteiger partial charge in [-0.2, -0.15) is 0 Å². The van der Waals surface area contributed by atoms with Crippen LogP contribution in [0, 0.1) is 0 Å². The first kappa shape index (κ1) is 27.7. The number of hydrogen-bond donors (Lipinski definition) is 5. The molecule has 3 aromatic heterocycles. The Morgan fingerprint density at radius 3 is 2.31 bits per heavy atom. The van der Waals surface area contributed by atoms with Gasteiger partial charge in [-0.15, -0.1) is 0 Å². The van der Waals surface area contributed by atoms with Crippen LogP contribution in [-0.2, 0) is 11.2 Å². The van der Waals surface area contributed by atoms with Crippen molar-refractivity contribution in [2.45, 2.75) is 65.7 Å². The van der Waals surface area contributed by atoms with Gasteiger partial charge in [0.1, 0.15) is 5.82 Å². The van der Waals surface area contributed by atoms with Crippen LogP contribution in [0.25, 0.3) is 22.8 Å². The fraction of sp³-hybridized carbons (Fsp3) is 0.323. The molecule has 2 aliphatic heterocycles. The highest BCUT2D eigenvalue weighted by atomic mass is 16.2. The number of amides is 1. The molecule has 0 atom stereocenters. The molecule has 0 fully saturated rings. The molecule has 6 rings (SSSR count). The van der Waals surface area contributed by atoms with Gasteiger partial charge in [0, 0.05) is 29.7 Å². The molecule has 5 N–H and O–H groups in total. The summed E-state index contributed by atoms with van der Waals surface area (Å²) in [6.45, 7) is 16.8. The Bertz CT molecular complexity index is 1580. The average molecular weight is 527 g/mol. The molecule has 8 heteroatoms. The largest absolute Gasteiger partial charge is 0.360 e. The Morgan fingerprint density at radius 2 is 1.62 bits per heavy atom. The smallest absolute Gasteiger partial charge is 0.323 e. The van der Waals surface area contributed by atoms with E-state index in [1.165, 1.54) is 22.3 Å². The third-order valence-electron chi connectivity index (χ3n) is 6.90. The maximum atomic E-state index is 11.1. The van der Waals surface area contributed by atoms with Crippen LogP contribution in [0.5, 0.6) is 0 Å². The van der Waals surface area contributed by atoms with E-state index in [4.69, 9.17) is 0 Å². The van der Waals surface area contributed by atoms with Gasteiger partial charge in [0.25, 0.3) is 0 Å². The van der Waals surface area contributed by atoms with Crippen molar-refractivity contribution >= 4 is 34.5 Å². The SMILES string of the molecule is C=C1NC=Cc2c(C(C)C)c[nH]c21.CC(C)c1ccc2[nH]c(=O)[nH]c2c1.CC(C)c1ccnc2c1CC(=O)N2. The minimum Gasteiger partial charge on any atom is -0.360 e. The predicted octanol–water partition coefficient (Wildman–Crippen LogP) is 6.36. The predicted molar refractivity (Wildman–Crippen MR) is 160 cm³/mol. The van der Waals surface area contributed by atoms with Crippen molar-refractivity contribution in [3.05, 3.63) is 93.4 Å². The van der Waals surface area contributed by atoms with Gasteiger partial charge < -0.3 is 25.6 Å². The monoisotopic (exact) mass is 526 g/mol. The number of carbonyl (C=O) groups is 1. The maximum absolute atomic E-state index is 11.1. The summed E-state index contributed by atoms with van der Waals surface area (Å²) in [4.78, 5) is 34.9. The molecule has 1 amide bonds. The molecule has 0 radical (unpaired) electrons. The maximum Gasteiger partial charge on any atom is 0.323 e. The molecule has 0 saturated heterocycles. The van der Waals surface area contributed by atoms with E-state index in [0.717, 1.165) is 33.8 Å². The molecule has 0 bridgehead atoms. The van der Waals surface area contributed by atoms with Gasteiger partial charge in [-0.25, -0.2) is 9.78 Å². The minimum atomic E-state index is -0.143. The Hall–Kier alpha value is -4.33. The second-order valence-corrected chi connectivity index (χ2v) is 10.8. The van der Waals surface area contributed by atoms with Crippen molar-refractivity contribution in [3.8, 4) is 0 Å². The van der Waals surface area contributed by atoms with Crippen LogP contribution >= 0.6 is 0 Å². The number of fused-ring (bicyclic) bond motifs is 3. The Labute approximate surface area is 229 Å². The van der Waals surface area contributed by atoms with Crippen LogP contribution in [0.3, 0.4) is 0 Å². The van der Waals surface area contributed by atoms with E-state index in [2.05, 4.69) is 91.0 Å². The number of nitrogens with one attached hydrogen (secondary N) is 5. The zero-order chi connectivity index (χ0) is 28.3. The van der Waals surface area contributed by atoms with E-state index >= 15 is 0 Å². The second kappa shape index (κ2) is 11.6. The molecule has 204 valence electrons. The number of benzene rings is 1. The summed E-state index contributed by atoms with van der Waals surface area (Å²) in [6.07, 6.45) is 8.33. The van der Waals surface area contributed by atoms with Crippen LogP contribution in [0.15, 0.2) is 54.2 Å². The minimum absolute atomic E-state index is 0.0515. The van der Waals surface area contributed by atoms with E-state index in [9.17, 15) is 9.59 Å². The van der Waals surface area contributed by atoms with Gasteiger partial charge in [0.2, 0.25) is 5.91 Å². The molecule has 0 unspecified atom stereocenters. The van der Waals surface area contributed by atoms with Gasteiger partial charge in [0.05, 0.1) is 28.8 Å². The van der Waals surface area contributed by atoms with Crippen LogP contribution in [0.2, 0.25) is 0 Å². The standard InChI is InChI=1S/C11H14N2.2C10H12N2O/c1-7(2)10-6-13-11-8(3)12-5-4-9(10)11;1-6(2)7-3-4-11-10-8(7)5-9(13)12-10;1-6(2)7-3-4-8-9(5-7)12-10(13)11-8/h4-7,12-13H,3H2,1-2H3;3-4,6H,5H2,1-2H3,(H,11,12,13);3-6H,1-2H3,(H2,11,12,13). The van der Waals surface area contributed by atoms with E-state index in [-0.39, 0.29) is 11.6 Å². The van der Waals surface area contributed by atoms with Crippen LogP contribution in [-0.4, -0.2) is 25.8 Å². The number of hydrogen-bond acceptors (Lipinski definition) is 4. The highest BCUT2D eigenvalue weighted by Crippen LogP contribution is 2.29. The molecular weight excluding hydrogens is 488 g/mol. The molecule has 2 aliphatic rings. The van der Waals surface area contributed by atoms with Gasteiger partial charge in [-0.3, -0.25) is 4.79 Å². The fourth-order valence-electron chi connectivity index (χ4n) is 4.74. The topological polar surface area (TPSA) is 118 Å². The number of rotatable bonds is 3. The van der Waals surface area contributed by atoms with E-state index < -0.39 is 0 Å². The van der Waals surface area contributed by atoms with Crippen LogP contribution in [0.4, 0.5) is 5.82 Å². The second-order valence-electron chi connectivity index (χ2n) is 10.8. The van der Waals surface area contributed by atoms with Gasteiger partial charge in [0.15, 0.2) is 0 Å². The fourth-order valence-corrected chi connectivity index (χ4v) is 4.74. The lowest BCUT2D eigenvalue weighted by Gasteiger charge is -2.12. The summed E-state index contributed by atoms with van der Waals surface area (Å²) in [5.41, 5.74) is 9.85. The first-order valence-corrected chi connectivity index (χ1v) is 13.4. The van der Waals surface area contributed by atoms with Crippen molar-refractivity contribution < 1.29 is 4.79 Å². The number of aromatic amines is 3. The zero-order valence-electron chi connectivity index (χ0n) is 23.5. The molecule has 1 aromatic carbocycles. The van der Waals surface area contributed by atoms with Crippen LogP contribution in [0.1, 0.15) is 92.8 Å². The molecule has 0 saturated carbocycles. The third-order valence-corrected chi connectivity index (χ3v) is 6.90. The zero-order valence-corrected chi connectivity index (χ0v) is 23.5. The van der Waals surface area contributed by atoms with E-state index in [1.54, 1.807) is 6.20 Å². The number of pyridine rings is 1. The highest BCUT2D eigenvalue weighted by Gasteiger charge is 2.22. The normalized spacial score (nSPS) is 13.5. The molecule has 5 heterocycles. The molecule has 39 heavy (non-hydrogen) atoms. The highest BCUT2D eigenvalue weighted by molar-refractivity contribution is 5.98. The van der Waals surface area contributed by atoms with Gasteiger partial charge in [-0.05, 0) is 58.7 Å². The van der Waals surface area contributed by atoms with Crippen molar-refractivity contribution in [1.29, 1.82) is 0 Å². The third kappa shape index (κ3) is 6.22. The van der Waals surface area contributed by atoms with Crippen molar-refractivity contribution in [2.24, 2.45) is 0 Å². The van der Waals surface area contributed by atoms with E-state index in [0.29, 0.717) is 24.2 Å². The number of H-pyrrole nitrogens is 3. The Morgan fingerprint density at radius 1 is 0.897 bits per heavy atom. The Kier molecular flexibility index (Phi) is 8.24. The number of imidazole rings is 1. The number of carbonyl (C=O) groups excluding carboxylic acids is 1. The quantitative estimate of drug-likeness (QED) is 0.213. The average Bonchev–Trinajstić information content (AvgIpc) is 3.59. The summed E-state index contributed by atoms with van der Waals surface area (Å²) in [5.74, 6) is 2.29. The summed E-state index contributed by atoms with van der Waals surface area (Å²) < 4.78 is 0.